The monoisotopic (exact) mass is 408 g/mol. The van der Waals surface area contributed by atoms with E-state index in [1.54, 1.807) is 6.07 Å². The number of halogens is 1. The molecule has 1 aromatic carbocycles. The maximum Gasteiger partial charge on any atom is 0.268 e. The smallest absolute Gasteiger partial charge is 0.268 e. The van der Waals surface area contributed by atoms with Crippen molar-refractivity contribution in [3.05, 3.63) is 57.6 Å². The summed E-state index contributed by atoms with van der Waals surface area (Å²) in [5.41, 5.74) is 2.55. The van der Waals surface area contributed by atoms with Gasteiger partial charge in [0.05, 0.1) is 10.1 Å². The quantitative estimate of drug-likeness (QED) is 0.694. The molecular formula is C18H17ClN2O3S2. The number of thiophene rings is 1. The van der Waals surface area contributed by atoms with E-state index in [0.29, 0.717) is 16.5 Å². The van der Waals surface area contributed by atoms with Gasteiger partial charge in [-0.3, -0.25) is 4.79 Å². The van der Waals surface area contributed by atoms with Crippen LogP contribution in [0.4, 0.5) is 0 Å². The minimum Gasteiger partial charge on any atom is -0.347 e. The van der Waals surface area contributed by atoms with Crippen LogP contribution in [0.3, 0.4) is 0 Å². The summed E-state index contributed by atoms with van der Waals surface area (Å²) in [5, 5.41) is 3.91. The molecule has 26 heavy (non-hydrogen) atoms. The van der Waals surface area contributed by atoms with Crippen molar-refractivity contribution < 1.29 is 13.2 Å². The second-order valence-electron chi connectivity index (χ2n) is 6.70. The maximum absolute atomic E-state index is 12.7. The Morgan fingerprint density at radius 3 is 2.85 bits per heavy atom. The van der Waals surface area contributed by atoms with Gasteiger partial charge in [-0.1, -0.05) is 35.9 Å². The Kier molecular flexibility index (Phi) is 4.33. The van der Waals surface area contributed by atoms with Gasteiger partial charge in [0.25, 0.3) is 5.91 Å². The van der Waals surface area contributed by atoms with E-state index in [2.05, 4.69) is 10.3 Å². The molecule has 2 heterocycles. The maximum atomic E-state index is 12.7. The van der Waals surface area contributed by atoms with Gasteiger partial charge >= 0.3 is 0 Å². The zero-order chi connectivity index (χ0) is 18.5. The van der Waals surface area contributed by atoms with Gasteiger partial charge in [0.1, 0.15) is 20.4 Å². The summed E-state index contributed by atoms with van der Waals surface area (Å²) >= 11 is 7.35. The number of carbonyl (C=O) groups excluding carboxylic acids is 1. The predicted molar refractivity (Wildman–Crippen MR) is 105 cm³/mol. The zero-order valence-electron chi connectivity index (χ0n) is 14.0. The number of rotatable bonds is 4. The van der Waals surface area contributed by atoms with E-state index < -0.39 is 9.84 Å². The van der Waals surface area contributed by atoms with Gasteiger partial charge in [0.15, 0.2) is 0 Å². The molecule has 2 atom stereocenters. The molecule has 1 amide bonds. The Labute approximate surface area is 160 Å². The molecule has 0 spiro atoms. The summed E-state index contributed by atoms with van der Waals surface area (Å²) in [6.07, 6.45) is 1.86. The van der Waals surface area contributed by atoms with E-state index in [9.17, 15) is 13.2 Å². The number of amides is 1. The van der Waals surface area contributed by atoms with Crippen LogP contribution in [0.2, 0.25) is 4.34 Å². The number of fused-ring (bicyclic) bond motifs is 2. The Balaban J connectivity index is 1.59. The fraction of sp³-hybridized carbons (Fsp3) is 0.278. The average molecular weight is 409 g/mol. The summed E-state index contributed by atoms with van der Waals surface area (Å²) in [5.74, 6) is -0.457. The van der Waals surface area contributed by atoms with Gasteiger partial charge in [-0.05, 0) is 29.7 Å². The molecule has 1 aliphatic carbocycles. The topological polar surface area (TPSA) is 79.0 Å². The highest BCUT2D eigenvalue weighted by atomic mass is 35.5. The molecule has 136 valence electrons. The molecule has 5 nitrogen and oxygen atoms in total. The average Bonchev–Trinajstić information content (AvgIpc) is 3.18. The standard InChI is InChI=1S/C18H17ClN2O3S2/c1-26(23,24)9-13-12-5-3-2-4-10(12)6-14(13)20-17(22)15-7-11-8-16(19)25-18(11)21-15/h2-5,7-8,13-14,21H,6,9H2,1H3,(H,20,22)/t13-,14+/m0/s1. The number of aromatic amines is 1. The van der Waals surface area contributed by atoms with Crippen molar-refractivity contribution in [2.24, 2.45) is 0 Å². The SMILES string of the molecule is CS(=O)(=O)C[C@H]1c2ccccc2C[C@H]1NC(=O)c1cc2cc(Cl)sc2[nH]1. The van der Waals surface area contributed by atoms with Crippen molar-refractivity contribution in [3.63, 3.8) is 0 Å². The van der Waals surface area contributed by atoms with E-state index in [1.807, 2.05) is 30.3 Å². The number of aromatic nitrogens is 1. The highest BCUT2D eigenvalue weighted by Gasteiger charge is 2.35. The molecule has 0 saturated carbocycles. The largest absolute Gasteiger partial charge is 0.347 e. The molecule has 0 bridgehead atoms. The Morgan fingerprint density at radius 1 is 1.35 bits per heavy atom. The number of sulfone groups is 1. The predicted octanol–water partition coefficient (Wildman–Crippen LogP) is 3.37. The van der Waals surface area contributed by atoms with Crippen LogP contribution in [-0.4, -0.2) is 37.4 Å². The van der Waals surface area contributed by atoms with Crippen LogP contribution in [0.5, 0.6) is 0 Å². The second kappa shape index (κ2) is 6.40. The molecule has 0 saturated heterocycles. The lowest BCUT2D eigenvalue weighted by molar-refractivity contribution is 0.0930. The Bertz CT molecular complexity index is 1070. The lowest BCUT2D eigenvalue weighted by Gasteiger charge is -2.21. The van der Waals surface area contributed by atoms with Gasteiger partial charge < -0.3 is 10.3 Å². The number of carbonyl (C=O) groups is 1. The van der Waals surface area contributed by atoms with Crippen molar-refractivity contribution in [1.82, 2.24) is 10.3 Å². The van der Waals surface area contributed by atoms with Gasteiger partial charge in [0, 0.05) is 23.6 Å². The molecule has 0 fully saturated rings. The minimum absolute atomic E-state index is 0.0182. The lowest BCUT2D eigenvalue weighted by atomic mass is 10.0. The van der Waals surface area contributed by atoms with Crippen molar-refractivity contribution in [2.45, 2.75) is 18.4 Å². The van der Waals surface area contributed by atoms with Crippen LogP contribution in [-0.2, 0) is 16.3 Å². The fourth-order valence-corrected chi connectivity index (χ4v) is 5.81. The summed E-state index contributed by atoms with van der Waals surface area (Å²) < 4.78 is 24.4. The third kappa shape index (κ3) is 3.39. The van der Waals surface area contributed by atoms with Crippen molar-refractivity contribution >= 4 is 48.9 Å². The molecule has 1 aliphatic rings. The summed E-state index contributed by atoms with van der Waals surface area (Å²) in [6, 6.07) is 11.1. The summed E-state index contributed by atoms with van der Waals surface area (Å²) in [4.78, 5) is 16.6. The number of hydrogen-bond donors (Lipinski definition) is 2. The van der Waals surface area contributed by atoms with Crippen LogP contribution >= 0.6 is 22.9 Å². The third-order valence-corrected chi connectivity index (χ3v) is 6.86. The van der Waals surface area contributed by atoms with Crippen molar-refractivity contribution in [3.8, 4) is 0 Å². The van der Waals surface area contributed by atoms with Gasteiger partial charge in [-0.25, -0.2) is 8.42 Å². The molecule has 0 radical (unpaired) electrons. The Morgan fingerprint density at radius 2 is 2.12 bits per heavy atom. The number of hydrogen-bond acceptors (Lipinski definition) is 4. The van der Waals surface area contributed by atoms with E-state index in [0.717, 1.165) is 21.3 Å². The molecule has 0 aliphatic heterocycles. The van der Waals surface area contributed by atoms with Crippen LogP contribution in [0.15, 0.2) is 36.4 Å². The molecule has 0 unspecified atom stereocenters. The van der Waals surface area contributed by atoms with E-state index in [4.69, 9.17) is 11.6 Å². The molecule has 3 aromatic rings. The van der Waals surface area contributed by atoms with Crippen LogP contribution < -0.4 is 5.32 Å². The molecule has 2 N–H and O–H groups in total. The normalized spacial score (nSPS) is 19.6. The van der Waals surface area contributed by atoms with Gasteiger partial charge in [-0.15, -0.1) is 11.3 Å². The van der Waals surface area contributed by atoms with Crippen LogP contribution in [0, 0.1) is 0 Å². The van der Waals surface area contributed by atoms with E-state index in [1.165, 1.54) is 17.6 Å². The number of H-pyrrole nitrogens is 1. The first-order valence-corrected chi connectivity index (χ1v) is 11.4. The Hall–Kier alpha value is -1.83. The number of nitrogens with one attached hydrogen (secondary N) is 2. The second-order valence-corrected chi connectivity index (χ2v) is 10.6. The van der Waals surface area contributed by atoms with Crippen molar-refractivity contribution in [2.75, 3.05) is 12.0 Å². The first-order valence-electron chi connectivity index (χ1n) is 8.14. The van der Waals surface area contributed by atoms with Crippen molar-refractivity contribution in [1.29, 1.82) is 0 Å². The summed E-state index contributed by atoms with van der Waals surface area (Å²) in [6.45, 7) is 0. The molecule has 4 rings (SSSR count). The van der Waals surface area contributed by atoms with Crippen LogP contribution in [0.1, 0.15) is 27.5 Å². The lowest BCUT2D eigenvalue weighted by Crippen LogP contribution is -2.40. The first kappa shape index (κ1) is 17.6. The highest BCUT2D eigenvalue weighted by molar-refractivity contribution is 7.90. The highest BCUT2D eigenvalue weighted by Crippen LogP contribution is 2.35. The summed E-state index contributed by atoms with van der Waals surface area (Å²) in [7, 11) is -3.17. The fourth-order valence-electron chi connectivity index (χ4n) is 3.62. The van der Waals surface area contributed by atoms with E-state index >= 15 is 0 Å². The third-order valence-electron chi connectivity index (χ3n) is 4.70. The van der Waals surface area contributed by atoms with Gasteiger partial charge in [-0.2, -0.15) is 0 Å². The van der Waals surface area contributed by atoms with Crippen LogP contribution in [0.25, 0.3) is 10.2 Å². The van der Waals surface area contributed by atoms with Gasteiger partial charge in [0.2, 0.25) is 0 Å². The van der Waals surface area contributed by atoms with E-state index in [-0.39, 0.29) is 23.6 Å². The molecule has 8 heteroatoms. The zero-order valence-corrected chi connectivity index (χ0v) is 16.3. The molecular weight excluding hydrogens is 392 g/mol. The first-order chi connectivity index (χ1) is 12.3. The molecule has 2 aromatic heterocycles. The minimum atomic E-state index is -3.17. The number of benzene rings is 1.